The van der Waals surface area contributed by atoms with Gasteiger partial charge in [-0.3, -0.25) is 4.79 Å². The molecule has 110 valence electrons. The lowest BCUT2D eigenvalue weighted by molar-refractivity contribution is -0.116. The van der Waals surface area contributed by atoms with Gasteiger partial charge in [0.15, 0.2) is 0 Å². The van der Waals surface area contributed by atoms with Crippen LogP contribution in [0.4, 0.5) is 15.8 Å². The third-order valence-corrected chi connectivity index (χ3v) is 3.87. The van der Waals surface area contributed by atoms with Crippen LogP contribution in [-0.4, -0.2) is 5.91 Å². The lowest BCUT2D eigenvalue weighted by Gasteiger charge is -2.10. The number of nitrogens with one attached hydrogen (secondary N) is 1. The van der Waals surface area contributed by atoms with Gasteiger partial charge in [-0.15, -0.1) is 0 Å². The van der Waals surface area contributed by atoms with Gasteiger partial charge in [0.05, 0.1) is 10.7 Å². The van der Waals surface area contributed by atoms with E-state index in [9.17, 15) is 9.18 Å². The zero-order valence-corrected chi connectivity index (χ0v) is 13.3. The highest BCUT2D eigenvalue weighted by atomic mass is 79.9. The first-order valence-corrected chi connectivity index (χ1v) is 7.42. The predicted octanol–water partition coefficient (Wildman–Crippen LogP) is 4.40. The molecular weight excluding hydrogens is 359 g/mol. The van der Waals surface area contributed by atoms with Gasteiger partial charge < -0.3 is 11.1 Å². The monoisotopic (exact) mass is 370 g/mol. The highest BCUT2D eigenvalue weighted by Crippen LogP contribution is 2.31. The van der Waals surface area contributed by atoms with Crippen molar-refractivity contribution < 1.29 is 9.18 Å². The molecule has 0 unspecified atom stereocenters. The number of hydrogen-bond donors (Lipinski definition) is 2. The van der Waals surface area contributed by atoms with Gasteiger partial charge in [-0.25, -0.2) is 4.39 Å². The maximum absolute atomic E-state index is 13.1. The van der Waals surface area contributed by atoms with E-state index in [1.165, 1.54) is 6.07 Å². The molecule has 6 heteroatoms. The second-order valence-corrected chi connectivity index (χ2v) is 5.75. The van der Waals surface area contributed by atoms with Gasteiger partial charge in [0, 0.05) is 16.6 Å². The summed E-state index contributed by atoms with van der Waals surface area (Å²) in [7, 11) is 0. The van der Waals surface area contributed by atoms with Crippen molar-refractivity contribution in [3.63, 3.8) is 0 Å². The Labute approximate surface area is 135 Å². The van der Waals surface area contributed by atoms with Crippen LogP contribution in [0.25, 0.3) is 0 Å². The van der Waals surface area contributed by atoms with E-state index in [-0.39, 0.29) is 17.4 Å². The summed E-state index contributed by atoms with van der Waals surface area (Å²) in [6, 6.07) is 9.78. The summed E-state index contributed by atoms with van der Waals surface area (Å²) in [6.07, 6.45) is 0.781. The number of carbonyl (C=O) groups is 1. The number of aryl methyl sites for hydroxylation is 1. The zero-order chi connectivity index (χ0) is 15.4. The van der Waals surface area contributed by atoms with Crippen molar-refractivity contribution in [3.8, 4) is 0 Å². The summed E-state index contributed by atoms with van der Waals surface area (Å²) in [6.45, 7) is 0. The molecule has 1 amide bonds. The van der Waals surface area contributed by atoms with Gasteiger partial charge in [-0.2, -0.15) is 0 Å². The summed E-state index contributed by atoms with van der Waals surface area (Å²) < 4.78 is 13.5. The summed E-state index contributed by atoms with van der Waals surface area (Å²) in [5, 5.41) is 2.82. The first-order chi connectivity index (χ1) is 9.97. The molecule has 2 rings (SSSR count). The van der Waals surface area contributed by atoms with Crippen molar-refractivity contribution in [2.45, 2.75) is 12.8 Å². The quantitative estimate of drug-likeness (QED) is 0.783. The Morgan fingerprint density at radius 3 is 2.71 bits per heavy atom. The number of benzene rings is 2. The van der Waals surface area contributed by atoms with Crippen LogP contribution >= 0.6 is 27.5 Å². The standard InChI is InChI=1S/C15H13BrClFN2O/c16-11-7-10(18)8-12(17)15(11)20-14(21)6-5-9-3-1-2-4-13(9)19/h1-4,7-8H,5-6,19H2,(H,20,21). The second kappa shape index (κ2) is 6.91. The van der Waals surface area contributed by atoms with Crippen molar-refractivity contribution >= 4 is 44.8 Å². The highest BCUT2D eigenvalue weighted by Gasteiger charge is 2.12. The average molecular weight is 372 g/mol. The molecule has 0 aliphatic rings. The SMILES string of the molecule is Nc1ccccc1CCC(=O)Nc1c(Cl)cc(F)cc1Br. The molecule has 3 N–H and O–H groups in total. The molecule has 0 saturated heterocycles. The first kappa shape index (κ1) is 15.8. The minimum Gasteiger partial charge on any atom is -0.399 e. The highest BCUT2D eigenvalue weighted by molar-refractivity contribution is 9.10. The van der Waals surface area contributed by atoms with Gasteiger partial charge in [0.25, 0.3) is 0 Å². The second-order valence-electron chi connectivity index (χ2n) is 4.49. The minimum absolute atomic E-state index is 0.148. The van der Waals surface area contributed by atoms with E-state index >= 15 is 0 Å². The molecule has 0 radical (unpaired) electrons. The van der Waals surface area contributed by atoms with E-state index in [1.807, 2.05) is 18.2 Å². The Kier molecular flexibility index (Phi) is 5.20. The molecule has 0 spiro atoms. The topological polar surface area (TPSA) is 55.1 Å². The molecule has 3 nitrogen and oxygen atoms in total. The predicted molar refractivity (Wildman–Crippen MR) is 86.9 cm³/mol. The number of rotatable bonds is 4. The maximum atomic E-state index is 13.1. The Hall–Kier alpha value is -1.59. The summed E-state index contributed by atoms with van der Waals surface area (Å²) in [5.74, 6) is -0.686. The summed E-state index contributed by atoms with van der Waals surface area (Å²) in [5.41, 5.74) is 7.76. The molecule has 0 bridgehead atoms. The largest absolute Gasteiger partial charge is 0.399 e. The van der Waals surface area contributed by atoms with E-state index in [4.69, 9.17) is 17.3 Å². The number of halogens is 3. The number of nitrogens with two attached hydrogens (primary N) is 1. The molecule has 0 atom stereocenters. The van der Waals surface area contributed by atoms with Crippen LogP contribution in [0.5, 0.6) is 0 Å². The third-order valence-electron chi connectivity index (χ3n) is 2.95. The Balaban J connectivity index is 2.01. The maximum Gasteiger partial charge on any atom is 0.224 e. The number of carbonyl (C=O) groups excluding carboxylic acids is 1. The molecule has 2 aromatic carbocycles. The first-order valence-electron chi connectivity index (χ1n) is 6.25. The molecule has 2 aromatic rings. The van der Waals surface area contributed by atoms with Crippen molar-refractivity contribution in [3.05, 3.63) is 57.3 Å². The number of anilines is 2. The van der Waals surface area contributed by atoms with Crippen LogP contribution in [-0.2, 0) is 11.2 Å². The number of amides is 1. The lowest BCUT2D eigenvalue weighted by Crippen LogP contribution is -2.13. The lowest BCUT2D eigenvalue weighted by atomic mass is 10.1. The summed E-state index contributed by atoms with van der Waals surface area (Å²) in [4.78, 5) is 12.0. The Morgan fingerprint density at radius 2 is 2.05 bits per heavy atom. The van der Waals surface area contributed by atoms with Gasteiger partial charge in [0.2, 0.25) is 5.91 Å². The van der Waals surface area contributed by atoms with E-state index in [0.29, 0.717) is 22.3 Å². The van der Waals surface area contributed by atoms with Crippen molar-refractivity contribution in [2.75, 3.05) is 11.1 Å². The van der Waals surface area contributed by atoms with E-state index in [1.54, 1.807) is 6.07 Å². The Bertz CT molecular complexity index is 655. The smallest absolute Gasteiger partial charge is 0.224 e. The van der Waals surface area contributed by atoms with Gasteiger partial charge in [-0.05, 0) is 46.1 Å². The van der Waals surface area contributed by atoms with E-state index < -0.39 is 5.82 Å². The van der Waals surface area contributed by atoms with Crippen LogP contribution in [0, 0.1) is 5.82 Å². The molecule has 0 aromatic heterocycles. The van der Waals surface area contributed by atoms with E-state index in [2.05, 4.69) is 21.2 Å². The fourth-order valence-electron chi connectivity index (χ4n) is 1.87. The molecule has 21 heavy (non-hydrogen) atoms. The molecule has 0 heterocycles. The van der Waals surface area contributed by atoms with Crippen LogP contribution in [0.3, 0.4) is 0 Å². The number of nitrogen functional groups attached to an aromatic ring is 1. The van der Waals surface area contributed by atoms with Crippen LogP contribution < -0.4 is 11.1 Å². The minimum atomic E-state index is -0.470. The molecule has 0 fully saturated rings. The van der Waals surface area contributed by atoms with Gasteiger partial charge in [0.1, 0.15) is 5.82 Å². The molecule has 0 aliphatic heterocycles. The van der Waals surface area contributed by atoms with Crippen molar-refractivity contribution in [1.82, 2.24) is 0 Å². The number of para-hydroxylation sites is 1. The van der Waals surface area contributed by atoms with Crippen LogP contribution in [0.1, 0.15) is 12.0 Å². The average Bonchev–Trinajstić information content (AvgIpc) is 2.42. The van der Waals surface area contributed by atoms with Crippen molar-refractivity contribution in [2.24, 2.45) is 0 Å². The van der Waals surface area contributed by atoms with Crippen molar-refractivity contribution in [1.29, 1.82) is 0 Å². The molecular formula is C15H13BrClFN2O. The van der Waals surface area contributed by atoms with Gasteiger partial charge in [-0.1, -0.05) is 29.8 Å². The Morgan fingerprint density at radius 1 is 1.33 bits per heavy atom. The zero-order valence-electron chi connectivity index (χ0n) is 11.0. The van der Waals surface area contributed by atoms with Crippen LogP contribution in [0.2, 0.25) is 5.02 Å². The van der Waals surface area contributed by atoms with E-state index in [0.717, 1.165) is 11.6 Å². The number of hydrogen-bond acceptors (Lipinski definition) is 2. The fraction of sp³-hybridized carbons (Fsp3) is 0.133. The normalized spacial score (nSPS) is 10.4. The third kappa shape index (κ3) is 4.19. The van der Waals surface area contributed by atoms with Crippen LogP contribution in [0.15, 0.2) is 40.9 Å². The summed E-state index contributed by atoms with van der Waals surface area (Å²) >= 11 is 9.09. The fourth-order valence-corrected chi connectivity index (χ4v) is 2.77. The van der Waals surface area contributed by atoms with Gasteiger partial charge >= 0.3 is 0 Å². The molecule has 0 saturated carbocycles. The molecule has 0 aliphatic carbocycles.